The van der Waals surface area contributed by atoms with Crippen molar-refractivity contribution in [2.24, 2.45) is 0 Å². The first-order valence-corrected chi connectivity index (χ1v) is 7.56. The fourth-order valence-electron chi connectivity index (χ4n) is 2.68. The summed E-state index contributed by atoms with van der Waals surface area (Å²) in [6, 6.07) is 21.3. The maximum atomic E-state index is 11.6. The van der Waals surface area contributed by atoms with Crippen molar-refractivity contribution in [3.05, 3.63) is 77.9 Å². The standard InChI is InChI=1S/C20H18O3/c1-14-6-4-7-15(12-14)13-19(20(21)22)23-18-11-5-9-16-8-2-3-10-17(16)18/h2-12,19H,13H2,1H3,(H,21,22)/t19-/m0/s1. The molecule has 3 aromatic rings. The van der Waals surface area contributed by atoms with Gasteiger partial charge < -0.3 is 9.84 Å². The van der Waals surface area contributed by atoms with Crippen molar-refractivity contribution in [2.75, 3.05) is 0 Å². The van der Waals surface area contributed by atoms with E-state index in [-0.39, 0.29) is 0 Å². The molecule has 1 atom stereocenters. The highest BCUT2D eigenvalue weighted by Crippen LogP contribution is 2.26. The van der Waals surface area contributed by atoms with Crippen molar-refractivity contribution >= 4 is 16.7 Å². The highest BCUT2D eigenvalue weighted by atomic mass is 16.5. The zero-order valence-electron chi connectivity index (χ0n) is 12.9. The molecule has 0 bridgehead atoms. The maximum Gasteiger partial charge on any atom is 0.345 e. The molecule has 3 rings (SSSR count). The minimum absolute atomic E-state index is 0.334. The van der Waals surface area contributed by atoms with Crippen LogP contribution in [0.3, 0.4) is 0 Å². The largest absolute Gasteiger partial charge is 0.478 e. The summed E-state index contributed by atoms with van der Waals surface area (Å²) in [6.45, 7) is 1.99. The van der Waals surface area contributed by atoms with Gasteiger partial charge in [0.15, 0.2) is 6.10 Å². The molecule has 23 heavy (non-hydrogen) atoms. The van der Waals surface area contributed by atoms with Gasteiger partial charge in [0.1, 0.15) is 5.75 Å². The normalized spacial score (nSPS) is 12.0. The lowest BCUT2D eigenvalue weighted by atomic mass is 10.1. The van der Waals surface area contributed by atoms with Crippen molar-refractivity contribution in [1.82, 2.24) is 0 Å². The zero-order valence-corrected chi connectivity index (χ0v) is 12.9. The molecular formula is C20H18O3. The molecule has 116 valence electrons. The molecule has 0 amide bonds. The minimum atomic E-state index is -0.959. The van der Waals surface area contributed by atoms with Crippen LogP contribution in [0.4, 0.5) is 0 Å². The van der Waals surface area contributed by atoms with E-state index >= 15 is 0 Å². The van der Waals surface area contributed by atoms with Crippen LogP contribution >= 0.6 is 0 Å². The highest BCUT2D eigenvalue weighted by molar-refractivity contribution is 5.88. The van der Waals surface area contributed by atoms with Crippen molar-refractivity contribution in [3.8, 4) is 5.75 Å². The van der Waals surface area contributed by atoms with Gasteiger partial charge in [-0.25, -0.2) is 4.79 Å². The third kappa shape index (κ3) is 3.51. The van der Waals surface area contributed by atoms with Gasteiger partial charge in [0, 0.05) is 11.8 Å². The Morgan fingerprint density at radius 3 is 2.57 bits per heavy atom. The summed E-state index contributed by atoms with van der Waals surface area (Å²) in [5.41, 5.74) is 2.06. The second-order valence-electron chi connectivity index (χ2n) is 5.62. The number of aryl methyl sites for hydroxylation is 1. The Morgan fingerprint density at radius 1 is 1.04 bits per heavy atom. The first-order chi connectivity index (χ1) is 11.1. The number of carboxylic acid groups (broad SMARTS) is 1. The summed E-state index contributed by atoms with van der Waals surface area (Å²) in [5.74, 6) is -0.359. The van der Waals surface area contributed by atoms with Crippen LogP contribution in [0.15, 0.2) is 66.7 Å². The Balaban J connectivity index is 1.88. The molecule has 0 aliphatic heterocycles. The molecule has 0 spiro atoms. The molecule has 0 fully saturated rings. The van der Waals surface area contributed by atoms with Crippen LogP contribution in [0.5, 0.6) is 5.75 Å². The highest BCUT2D eigenvalue weighted by Gasteiger charge is 2.21. The van der Waals surface area contributed by atoms with Gasteiger partial charge in [-0.15, -0.1) is 0 Å². The molecule has 0 aromatic heterocycles. The molecule has 3 heteroatoms. The molecule has 3 aromatic carbocycles. The van der Waals surface area contributed by atoms with E-state index in [1.54, 1.807) is 0 Å². The van der Waals surface area contributed by atoms with Gasteiger partial charge in [0.2, 0.25) is 0 Å². The van der Waals surface area contributed by atoms with Gasteiger partial charge in [0.05, 0.1) is 0 Å². The van der Waals surface area contributed by atoms with Gasteiger partial charge in [-0.1, -0.05) is 66.2 Å². The summed E-state index contributed by atoms with van der Waals surface area (Å²) >= 11 is 0. The smallest absolute Gasteiger partial charge is 0.345 e. The Morgan fingerprint density at radius 2 is 1.78 bits per heavy atom. The second-order valence-corrected chi connectivity index (χ2v) is 5.62. The van der Waals surface area contributed by atoms with E-state index < -0.39 is 12.1 Å². The number of hydrogen-bond acceptors (Lipinski definition) is 2. The van der Waals surface area contributed by atoms with E-state index in [0.717, 1.165) is 21.9 Å². The van der Waals surface area contributed by atoms with Crippen molar-refractivity contribution < 1.29 is 14.6 Å². The third-order valence-electron chi connectivity index (χ3n) is 3.80. The van der Waals surface area contributed by atoms with Gasteiger partial charge in [-0.2, -0.15) is 0 Å². The van der Waals surface area contributed by atoms with Crippen molar-refractivity contribution in [2.45, 2.75) is 19.4 Å². The van der Waals surface area contributed by atoms with Crippen molar-refractivity contribution in [1.29, 1.82) is 0 Å². The number of ether oxygens (including phenoxy) is 1. The third-order valence-corrected chi connectivity index (χ3v) is 3.80. The first kappa shape index (κ1) is 15.1. The van der Waals surface area contributed by atoms with Crippen LogP contribution < -0.4 is 4.74 Å². The SMILES string of the molecule is Cc1cccc(C[C@H](Oc2cccc3ccccc23)C(=O)O)c1. The number of rotatable bonds is 5. The predicted octanol–water partition coefficient (Wildman–Crippen LogP) is 4.22. The van der Waals surface area contributed by atoms with Crippen LogP contribution in [0.25, 0.3) is 10.8 Å². The van der Waals surface area contributed by atoms with Crippen LogP contribution in [-0.4, -0.2) is 17.2 Å². The Bertz CT molecular complexity index is 834. The van der Waals surface area contributed by atoms with Crippen LogP contribution in [-0.2, 0) is 11.2 Å². The van der Waals surface area contributed by atoms with Gasteiger partial charge in [0.25, 0.3) is 0 Å². The molecular weight excluding hydrogens is 288 g/mol. The second kappa shape index (κ2) is 6.53. The average molecular weight is 306 g/mol. The number of benzene rings is 3. The molecule has 1 N–H and O–H groups in total. The average Bonchev–Trinajstić information content (AvgIpc) is 2.54. The van der Waals surface area contributed by atoms with Crippen molar-refractivity contribution in [3.63, 3.8) is 0 Å². The van der Waals surface area contributed by atoms with Gasteiger partial charge in [-0.05, 0) is 23.9 Å². The Kier molecular flexibility index (Phi) is 4.29. The number of fused-ring (bicyclic) bond motifs is 1. The number of carboxylic acids is 1. The molecule has 0 saturated heterocycles. The van der Waals surface area contributed by atoms with Gasteiger partial charge in [-0.3, -0.25) is 0 Å². The Hall–Kier alpha value is -2.81. The summed E-state index contributed by atoms with van der Waals surface area (Å²) in [5, 5.41) is 11.5. The summed E-state index contributed by atoms with van der Waals surface area (Å²) < 4.78 is 5.83. The zero-order chi connectivity index (χ0) is 16.2. The molecule has 0 unspecified atom stereocenters. The molecule has 0 heterocycles. The monoisotopic (exact) mass is 306 g/mol. The number of carbonyl (C=O) groups is 1. The summed E-state index contributed by atoms with van der Waals surface area (Å²) in [6.07, 6.45) is -0.581. The number of aliphatic carboxylic acids is 1. The quantitative estimate of drug-likeness (QED) is 0.767. The molecule has 0 aliphatic carbocycles. The first-order valence-electron chi connectivity index (χ1n) is 7.56. The molecule has 0 saturated carbocycles. The fraction of sp³-hybridized carbons (Fsp3) is 0.150. The topological polar surface area (TPSA) is 46.5 Å². The van der Waals surface area contributed by atoms with E-state index in [1.807, 2.05) is 73.7 Å². The molecule has 0 aliphatic rings. The predicted molar refractivity (Wildman–Crippen MR) is 90.9 cm³/mol. The minimum Gasteiger partial charge on any atom is -0.478 e. The van der Waals surface area contributed by atoms with E-state index in [1.165, 1.54) is 0 Å². The van der Waals surface area contributed by atoms with E-state index in [0.29, 0.717) is 12.2 Å². The Labute approximate surface area is 135 Å². The van der Waals surface area contributed by atoms with E-state index in [2.05, 4.69) is 0 Å². The molecule has 0 radical (unpaired) electrons. The van der Waals surface area contributed by atoms with Crippen LogP contribution in [0.2, 0.25) is 0 Å². The molecule has 3 nitrogen and oxygen atoms in total. The fourth-order valence-corrected chi connectivity index (χ4v) is 2.68. The lowest BCUT2D eigenvalue weighted by Crippen LogP contribution is -2.29. The number of hydrogen-bond donors (Lipinski definition) is 1. The summed E-state index contributed by atoms with van der Waals surface area (Å²) in [7, 11) is 0. The maximum absolute atomic E-state index is 11.6. The van der Waals surface area contributed by atoms with Crippen LogP contribution in [0.1, 0.15) is 11.1 Å². The lowest BCUT2D eigenvalue weighted by Gasteiger charge is -2.17. The van der Waals surface area contributed by atoms with E-state index in [9.17, 15) is 9.90 Å². The van der Waals surface area contributed by atoms with Crippen LogP contribution in [0, 0.1) is 6.92 Å². The summed E-state index contributed by atoms with van der Waals surface area (Å²) in [4.78, 5) is 11.6. The lowest BCUT2D eigenvalue weighted by molar-refractivity contribution is -0.144. The van der Waals surface area contributed by atoms with E-state index in [4.69, 9.17) is 4.74 Å². The van der Waals surface area contributed by atoms with Gasteiger partial charge >= 0.3 is 5.97 Å².